The Kier molecular flexibility index (Phi) is 4.54. The van der Waals surface area contributed by atoms with Crippen LogP contribution in [0, 0.1) is 0 Å². The summed E-state index contributed by atoms with van der Waals surface area (Å²) in [6.07, 6.45) is 2.53. The summed E-state index contributed by atoms with van der Waals surface area (Å²) in [7, 11) is 0. The van der Waals surface area contributed by atoms with E-state index in [1.54, 1.807) is 48.5 Å². The zero-order chi connectivity index (χ0) is 17.3. The SMILES string of the molecule is CCC(C)Oc1ccc(C=C2C(=O)c3ccccc3C2=O)cc1Cl. The van der Waals surface area contributed by atoms with Crippen molar-refractivity contribution in [3.8, 4) is 5.75 Å². The smallest absolute Gasteiger partial charge is 0.197 e. The highest BCUT2D eigenvalue weighted by molar-refractivity contribution is 6.41. The number of hydrogen-bond donors (Lipinski definition) is 0. The maximum atomic E-state index is 12.4. The van der Waals surface area contributed by atoms with Gasteiger partial charge in [0, 0.05) is 11.1 Å². The zero-order valence-electron chi connectivity index (χ0n) is 13.5. The number of hydrogen-bond acceptors (Lipinski definition) is 3. The third-order valence-electron chi connectivity index (χ3n) is 4.08. The molecule has 0 saturated heterocycles. The summed E-state index contributed by atoms with van der Waals surface area (Å²) in [6.45, 7) is 4.01. The molecule has 122 valence electrons. The highest BCUT2D eigenvalue weighted by Gasteiger charge is 2.32. The fourth-order valence-corrected chi connectivity index (χ4v) is 2.81. The minimum absolute atomic E-state index is 0.0687. The molecule has 24 heavy (non-hydrogen) atoms. The molecule has 0 radical (unpaired) electrons. The average molecular weight is 341 g/mol. The van der Waals surface area contributed by atoms with Crippen molar-refractivity contribution < 1.29 is 14.3 Å². The Morgan fingerprint density at radius 2 is 1.71 bits per heavy atom. The Balaban J connectivity index is 1.92. The second-order valence-electron chi connectivity index (χ2n) is 5.79. The lowest BCUT2D eigenvalue weighted by atomic mass is 10.1. The molecule has 2 aromatic rings. The Morgan fingerprint density at radius 3 is 2.25 bits per heavy atom. The lowest BCUT2D eigenvalue weighted by Gasteiger charge is -2.14. The van der Waals surface area contributed by atoms with E-state index in [9.17, 15) is 9.59 Å². The average Bonchev–Trinajstić information content (AvgIpc) is 2.82. The maximum absolute atomic E-state index is 12.4. The Bertz CT molecular complexity index is 815. The molecule has 2 aromatic carbocycles. The number of allylic oxidation sites excluding steroid dienone is 1. The van der Waals surface area contributed by atoms with Gasteiger partial charge >= 0.3 is 0 Å². The summed E-state index contributed by atoms with van der Waals surface area (Å²) < 4.78 is 5.73. The summed E-state index contributed by atoms with van der Waals surface area (Å²) in [5.41, 5.74) is 1.78. The van der Waals surface area contributed by atoms with Gasteiger partial charge in [-0.25, -0.2) is 0 Å². The topological polar surface area (TPSA) is 43.4 Å². The summed E-state index contributed by atoms with van der Waals surface area (Å²) in [5.74, 6) is 0.110. The molecule has 0 fully saturated rings. The van der Waals surface area contributed by atoms with Gasteiger partial charge in [-0.2, -0.15) is 0 Å². The van der Waals surface area contributed by atoms with E-state index in [4.69, 9.17) is 16.3 Å². The van der Waals surface area contributed by atoms with E-state index in [1.165, 1.54) is 0 Å². The van der Waals surface area contributed by atoms with Gasteiger partial charge in [0.05, 0.1) is 16.7 Å². The van der Waals surface area contributed by atoms with E-state index in [-0.39, 0.29) is 23.2 Å². The van der Waals surface area contributed by atoms with E-state index >= 15 is 0 Å². The molecular weight excluding hydrogens is 324 g/mol. The first-order valence-electron chi connectivity index (χ1n) is 7.87. The monoisotopic (exact) mass is 340 g/mol. The van der Waals surface area contributed by atoms with Gasteiger partial charge in [0.25, 0.3) is 0 Å². The Morgan fingerprint density at radius 1 is 1.08 bits per heavy atom. The first-order chi connectivity index (χ1) is 11.5. The quantitative estimate of drug-likeness (QED) is 0.582. The maximum Gasteiger partial charge on any atom is 0.197 e. The van der Waals surface area contributed by atoms with Crippen LogP contribution in [-0.2, 0) is 0 Å². The number of ether oxygens (including phenoxy) is 1. The largest absolute Gasteiger partial charge is 0.489 e. The first kappa shape index (κ1) is 16.5. The van der Waals surface area contributed by atoms with E-state index in [1.807, 2.05) is 13.8 Å². The highest BCUT2D eigenvalue weighted by atomic mass is 35.5. The van der Waals surface area contributed by atoms with Crippen molar-refractivity contribution in [1.82, 2.24) is 0 Å². The molecule has 1 aliphatic rings. The minimum atomic E-state index is -0.244. The molecule has 0 spiro atoms. The minimum Gasteiger partial charge on any atom is -0.489 e. The third kappa shape index (κ3) is 3.00. The van der Waals surface area contributed by atoms with Gasteiger partial charge in [0.1, 0.15) is 5.75 Å². The van der Waals surface area contributed by atoms with Crippen LogP contribution >= 0.6 is 11.6 Å². The third-order valence-corrected chi connectivity index (χ3v) is 4.37. The molecule has 0 saturated carbocycles. The number of Topliss-reactive ketones (excluding diaryl/α,β-unsaturated/α-hetero) is 2. The highest BCUT2D eigenvalue weighted by Crippen LogP contribution is 2.31. The molecule has 4 heteroatoms. The van der Waals surface area contributed by atoms with E-state index < -0.39 is 0 Å². The van der Waals surface area contributed by atoms with Crippen LogP contribution in [0.2, 0.25) is 5.02 Å². The molecule has 1 aliphatic carbocycles. The lowest BCUT2D eigenvalue weighted by Crippen LogP contribution is -2.09. The molecule has 1 unspecified atom stereocenters. The van der Waals surface area contributed by atoms with Gasteiger partial charge in [-0.3, -0.25) is 9.59 Å². The van der Waals surface area contributed by atoms with Crippen LogP contribution in [0.25, 0.3) is 6.08 Å². The van der Waals surface area contributed by atoms with Crippen molar-refractivity contribution in [2.24, 2.45) is 0 Å². The van der Waals surface area contributed by atoms with Gasteiger partial charge < -0.3 is 4.74 Å². The number of fused-ring (bicyclic) bond motifs is 1. The fraction of sp³-hybridized carbons (Fsp3) is 0.200. The van der Waals surface area contributed by atoms with Gasteiger partial charge in [0.15, 0.2) is 11.6 Å². The normalized spacial score (nSPS) is 14.5. The van der Waals surface area contributed by atoms with E-state index in [0.29, 0.717) is 27.5 Å². The molecular formula is C20H17ClO3. The Hall–Kier alpha value is -2.39. The molecule has 3 rings (SSSR count). The number of ketones is 2. The van der Waals surface area contributed by atoms with Gasteiger partial charge in [0.2, 0.25) is 0 Å². The van der Waals surface area contributed by atoms with Crippen molar-refractivity contribution in [1.29, 1.82) is 0 Å². The van der Waals surface area contributed by atoms with Gasteiger partial charge in [-0.15, -0.1) is 0 Å². The van der Waals surface area contributed by atoms with E-state index in [0.717, 1.165) is 6.42 Å². The fourth-order valence-electron chi connectivity index (χ4n) is 2.57. The van der Waals surface area contributed by atoms with Crippen LogP contribution in [0.15, 0.2) is 48.0 Å². The molecule has 0 aliphatic heterocycles. The summed E-state index contributed by atoms with van der Waals surface area (Å²) in [6, 6.07) is 12.1. The second-order valence-corrected chi connectivity index (χ2v) is 6.20. The molecule has 0 heterocycles. The van der Waals surface area contributed by atoms with Crippen molar-refractivity contribution in [2.75, 3.05) is 0 Å². The van der Waals surface area contributed by atoms with Crippen LogP contribution in [-0.4, -0.2) is 17.7 Å². The molecule has 0 N–H and O–H groups in total. The molecule has 1 atom stereocenters. The summed E-state index contributed by atoms with van der Waals surface area (Å²) in [4.78, 5) is 24.8. The number of benzene rings is 2. The zero-order valence-corrected chi connectivity index (χ0v) is 14.3. The molecule has 0 bridgehead atoms. The standard InChI is InChI=1S/C20H17ClO3/c1-3-12(2)24-18-9-8-13(11-17(18)21)10-16-19(22)14-6-4-5-7-15(14)20(16)23/h4-12H,3H2,1-2H3. The number of halogens is 1. The first-order valence-corrected chi connectivity index (χ1v) is 8.25. The van der Waals surface area contributed by atoms with Crippen molar-refractivity contribution in [2.45, 2.75) is 26.4 Å². The van der Waals surface area contributed by atoms with Crippen LogP contribution in [0.3, 0.4) is 0 Å². The van der Waals surface area contributed by atoms with E-state index in [2.05, 4.69) is 0 Å². The van der Waals surface area contributed by atoms with Gasteiger partial charge in [-0.1, -0.05) is 48.9 Å². The number of carbonyl (C=O) groups excluding carboxylic acids is 2. The summed E-state index contributed by atoms with van der Waals surface area (Å²) >= 11 is 6.25. The predicted molar refractivity (Wildman–Crippen MR) is 94.9 cm³/mol. The number of rotatable bonds is 4. The van der Waals surface area contributed by atoms with Crippen molar-refractivity contribution in [3.05, 3.63) is 69.8 Å². The van der Waals surface area contributed by atoms with Gasteiger partial charge in [-0.05, 0) is 37.1 Å². The van der Waals surface area contributed by atoms with Crippen LogP contribution in [0.4, 0.5) is 0 Å². The number of carbonyl (C=O) groups is 2. The van der Waals surface area contributed by atoms with Crippen molar-refractivity contribution in [3.63, 3.8) is 0 Å². The van der Waals surface area contributed by atoms with Crippen LogP contribution in [0.5, 0.6) is 5.75 Å². The summed E-state index contributed by atoms with van der Waals surface area (Å²) in [5, 5.41) is 0.458. The molecule has 0 amide bonds. The second kappa shape index (κ2) is 6.62. The Labute approximate surface area is 145 Å². The van der Waals surface area contributed by atoms with Crippen LogP contribution in [0.1, 0.15) is 46.5 Å². The molecule has 0 aromatic heterocycles. The molecule has 3 nitrogen and oxygen atoms in total. The van der Waals surface area contributed by atoms with Crippen molar-refractivity contribution >= 4 is 29.2 Å². The van der Waals surface area contributed by atoms with Crippen LogP contribution < -0.4 is 4.74 Å². The predicted octanol–water partition coefficient (Wildman–Crippen LogP) is 4.98. The lowest BCUT2D eigenvalue weighted by molar-refractivity contribution is 0.0990.